The maximum atomic E-state index is 12.7. The molecule has 0 fully saturated rings. The molecule has 2 aromatic rings. The van der Waals surface area contributed by atoms with Gasteiger partial charge in [-0.2, -0.15) is 0 Å². The third-order valence-corrected chi connectivity index (χ3v) is 3.79. The summed E-state index contributed by atoms with van der Waals surface area (Å²) in [6.45, 7) is 0.936. The van der Waals surface area contributed by atoms with E-state index in [2.05, 4.69) is 21.0 Å². The van der Waals surface area contributed by atoms with Crippen molar-refractivity contribution in [3.8, 4) is 18.1 Å². The van der Waals surface area contributed by atoms with Crippen LogP contribution in [0.15, 0.2) is 29.3 Å². The van der Waals surface area contributed by atoms with Gasteiger partial charge in [0.1, 0.15) is 5.75 Å². The molecule has 1 amide bonds. The Labute approximate surface area is 143 Å². The molecule has 0 saturated heterocycles. The highest BCUT2D eigenvalue weighted by molar-refractivity contribution is 5.93. The number of nitrogens with one attached hydrogen (secondary N) is 1. The Balaban J connectivity index is 2.54. The number of rotatable bonds is 5. The van der Waals surface area contributed by atoms with E-state index in [1.807, 2.05) is 0 Å². The highest BCUT2D eigenvalue weighted by Gasteiger charge is 2.36. The van der Waals surface area contributed by atoms with Crippen molar-refractivity contribution in [3.05, 3.63) is 34.9 Å². The third kappa shape index (κ3) is 3.45. The maximum absolute atomic E-state index is 12.7. The molecule has 0 radical (unpaired) electrons. The number of Topliss-reactive ketones (excluding diaryl/α,β-unsaturated/α-hetero) is 1. The predicted molar refractivity (Wildman–Crippen MR) is 90.3 cm³/mol. The monoisotopic (exact) mass is 343 g/mol. The van der Waals surface area contributed by atoms with Gasteiger partial charge >= 0.3 is 6.09 Å². The van der Waals surface area contributed by atoms with Gasteiger partial charge in [-0.3, -0.25) is 19.5 Å². The fourth-order valence-corrected chi connectivity index (χ4v) is 2.28. The molecule has 8 heteroatoms. The molecule has 130 valence electrons. The second-order valence-corrected chi connectivity index (χ2v) is 5.28. The van der Waals surface area contributed by atoms with Crippen LogP contribution in [0.4, 0.5) is 4.79 Å². The maximum Gasteiger partial charge on any atom is 0.408 e. The van der Waals surface area contributed by atoms with Gasteiger partial charge < -0.3 is 9.47 Å². The SMILES string of the molecule is C#C[C@@](Cn1cnc2ccc(OC)cc2c1=O)(NC(=O)OC)C(C)=O. The number of terminal acetylenes is 1. The van der Waals surface area contributed by atoms with Crippen molar-refractivity contribution in [2.45, 2.75) is 19.0 Å². The second-order valence-electron chi connectivity index (χ2n) is 5.28. The van der Waals surface area contributed by atoms with Crippen molar-refractivity contribution in [2.75, 3.05) is 14.2 Å². The Bertz CT molecular complexity index is 928. The van der Waals surface area contributed by atoms with E-state index in [1.54, 1.807) is 18.2 Å². The molecule has 1 atom stereocenters. The Kier molecular flexibility index (Phi) is 5.08. The molecule has 1 N–H and O–H groups in total. The van der Waals surface area contributed by atoms with Crippen LogP contribution in [-0.4, -0.2) is 41.2 Å². The smallest absolute Gasteiger partial charge is 0.408 e. The lowest BCUT2D eigenvalue weighted by molar-refractivity contribution is -0.121. The molecule has 2 rings (SSSR count). The fourth-order valence-electron chi connectivity index (χ4n) is 2.28. The number of methoxy groups -OCH3 is 2. The summed E-state index contributed by atoms with van der Waals surface area (Å²) in [7, 11) is 2.63. The van der Waals surface area contributed by atoms with Crippen LogP contribution in [0, 0.1) is 12.3 Å². The van der Waals surface area contributed by atoms with Crippen LogP contribution in [0.2, 0.25) is 0 Å². The normalized spacial score (nSPS) is 12.7. The Morgan fingerprint density at radius 3 is 2.68 bits per heavy atom. The molecule has 25 heavy (non-hydrogen) atoms. The lowest BCUT2D eigenvalue weighted by Gasteiger charge is -2.26. The van der Waals surface area contributed by atoms with Crippen molar-refractivity contribution >= 4 is 22.8 Å². The standard InChI is InChI=1S/C17H17N3O5/c1-5-17(11(2)21,19-16(23)25-4)9-20-10-18-14-7-6-12(24-3)8-13(14)15(20)22/h1,6-8,10H,9H2,2-4H3,(H,19,23)/t17-/m0/s1. The van der Waals surface area contributed by atoms with Crippen molar-refractivity contribution in [1.82, 2.24) is 14.9 Å². The van der Waals surface area contributed by atoms with Crippen molar-refractivity contribution in [2.24, 2.45) is 0 Å². The summed E-state index contributed by atoms with van der Waals surface area (Å²) in [4.78, 5) is 40.5. The molecule has 0 unspecified atom stereocenters. The molecular formula is C17H17N3O5. The summed E-state index contributed by atoms with van der Waals surface area (Å²) in [6, 6.07) is 4.87. The summed E-state index contributed by atoms with van der Waals surface area (Å²) in [5, 5.41) is 2.62. The number of hydrogen-bond acceptors (Lipinski definition) is 6. The van der Waals surface area contributed by atoms with Gasteiger partial charge in [-0.1, -0.05) is 5.92 Å². The highest BCUT2D eigenvalue weighted by atomic mass is 16.5. The van der Waals surface area contributed by atoms with Crippen LogP contribution in [0.25, 0.3) is 10.9 Å². The first-order valence-electron chi connectivity index (χ1n) is 7.25. The number of carbonyl (C=O) groups excluding carboxylic acids is 2. The molecule has 0 saturated carbocycles. The van der Waals surface area contributed by atoms with Crippen LogP contribution in [-0.2, 0) is 16.1 Å². The molecule has 0 bridgehead atoms. The summed E-state index contributed by atoms with van der Waals surface area (Å²) in [6.07, 6.45) is 5.86. The van der Waals surface area contributed by atoms with Crippen LogP contribution < -0.4 is 15.6 Å². The minimum Gasteiger partial charge on any atom is -0.497 e. The molecule has 0 spiro atoms. The molecule has 8 nitrogen and oxygen atoms in total. The number of ether oxygens (including phenoxy) is 2. The number of benzene rings is 1. The van der Waals surface area contributed by atoms with Crippen molar-refractivity contribution in [3.63, 3.8) is 0 Å². The first kappa shape index (κ1) is 18.0. The Morgan fingerprint density at radius 1 is 1.40 bits per heavy atom. The van der Waals surface area contributed by atoms with E-state index in [-0.39, 0.29) is 6.54 Å². The average Bonchev–Trinajstić information content (AvgIpc) is 2.62. The zero-order chi connectivity index (χ0) is 18.6. The first-order chi connectivity index (χ1) is 11.9. The minimum atomic E-state index is -1.73. The number of hydrogen-bond donors (Lipinski definition) is 1. The van der Waals surface area contributed by atoms with Gasteiger partial charge in [0.15, 0.2) is 11.3 Å². The van der Waals surface area contributed by atoms with Crippen molar-refractivity contribution < 1.29 is 19.1 Å². The van der Waals surface area contributed by atoms with Gasteiger partial charge in [-0.15, -0.1) is 6.42 Å². The van der Waals surface area contributed by atoms with E-state index in [9.17, 15) is 14.4 Å². The summed E-state index contributed by atoms with van der Waals surface area (Å²) < 4.78 is 10.8. The molecule has 1 aromatic carbocycles. The predicted octanol–water partition coefficient (Wildman–Crippen LogP) is 0.722. The van der Waals surface area contributed by atoms with Gasteiger partial charge in [-0.25, -0.2) is 9.78 Å². The summed E-state index contributed by atoms with van der Waals surface area (Å²) in [5.41, 5.74) is -1.68. The van der Waals surface area contributed by atoms with E-state index in [4.69, 9.17) is 11.2 Å². The van der Waals surface area contributed by atoms with Gasteiger partial charge in [0.2, 0.25) is 0 Å². The van der Waals surface area contributed by atoms with Crippen LogP contribution in [0.1, 0.15) is 6.92 Å². The Hall–Kier alpha value is -3.34. The minimum absolute atomic E-state index is 0.285. The first-order valence-corrected chi connectivity index (χ1v) is 7.25. The Morgan fingerprint density at radius 2 is 2.12 bits per heavy atom. The van der Waals surface area contributed by atoms with Crippen molar-refractivity contribution in [1.29, 1.82) is 0 Å². The number of fused-ring (bicyclic) bond motifs is 1. The summed E-state index contributed by atoms with van der Waals surface area (Å²) >= 11 is 0. The topological polar surface area (TPSA) is 99.5 Å². The third-order valence-electron chi connectivity index (χ3n) is 3.79. The molecule has 1 heterocycles. The molecule has 0 aliphatic rings. The number of nitrogens with zero attached hydrogens (tertiary/aromatic N) is 2. The van der Waals surface area contributed by atoms with E-state index in [0.29, 0.717) is 16.7 Å². The van der Waals surface area contributed by atoms with Gasteiger partial charge in [-0.05, 0) is 25.1 Å². The largest absolute Gasteiger partial charge is 0.497 e. The van der Waals surface area contributed by atoms with Crippen LogP contribution in [0.5, 0.6) is 5.75 Å². The quantitative estimate of drug-likeness (QED) is 0.803. The van der Waals surface area contributed by atoms with Crippen LogP contribution >= 0.6 is 0 Å². The van der Waals surface area contributed by atoms with E-state index in [1.165, 1.54) is 24.9 Å². The second kappa shape index (κ2) is 7.05. The number of ketones is 1. The lowest BCUT2D eigenvalue weighted by atomic mass is 9.95. The number of amides is 1. The van der Waals surface area contributed by atoms with E-state index >= 15 is 0 Å². The van der Waals surface area contributed by atoms with Gasteiger partial charge in [0.05, 0.1) is 38.0 Å². The number of carbonyl (C=O) groups is 2. The summed E-state index contributed by atoms with van der Waals surface area (Å²) in [5.74, 6) is 2.23. The number of alkyl carbamates (subject to hydrolysis) is 1. The molecule has 1 aromatic heterocycles. The molecule has 0 aliphatic heterocycles. The molecule has 0 aliphatic carbocycles. The van der Waals surface area contributed by atoms with Gasteiger partial charge in [0, 0.05) is 0 Å². The fraction of sp³-hybridized carbons (Fsp3) is 0.294. The van der Waals surface area contributed by atoms with E-state index < -0.39 is 23.0 Å². The van der Waals surface area contributed by atoms with Gasteiger partial charge in [0.25, 0.3) is 5.56 Å². The zero-order valence-corrected chi connectivity index (χ0v) is 14.0. The van der Waals surface area contributed by atoms with E-state index in [0.717, 1.165) is 7.11 Å². The highest BCUT2D eigenvalue weighted by Crippen LogP contribution is 2.16. The average molecular weight is 343 g/mol. The van der Waals surface area contributed by atoms with Crippen LogP contribution in [0.3, 0.4) is 0 Å². The molecular weight excluding hydrogens is 326 g/mol. The number of aromatic nitrogens is 2. The lowest BCUT2D eigenvalue weighted by Crippen LogP contribution is -2.56. The zero-order valence-electron chi connectivity index (χ0n) is 14.0.